The molecule has 0 aromatic carbocycles. The maximum absolute atomic E-state index is 13.3. The minimum Gasteiger partial charge on any atom is -0.501 e. The largest absolute Gasteiger partial charge is 0.501 e. The van der Waals surface area contributed by atoms with E-state index in [4.69, 9.17) is 4.74 Å². The van der Waals surface area contributed by atoms with Gasteiger partial charge in [0.05, 0.1) is 18.6 Å². The van der Waals surface area contributed by atoms with E-state index in [0.717, 1.165) is 54.1 Å². The summed E-state index contributed by atoms with van der Waals surface area (Å²) in [5, 5.41) is 4.34. The Balaban J connectivity index is 1.60. The molecular formula is C21H27N5O2. The quantitative estimate of drug-likeness (QED) is 0.817. The molecule has 3 heterocycles. The second-order valence-electron chi connectivity index (χ2n) is 7.90. The zero-order valence-electron chi connectivity index (χ0n) is 17.0. The van der Waals surface area contributed by atoms with Crippen molar-refractivity contribution in [1.82, 2.24) is 24.5 Å². The molecule has 1 amide bonds. The third kappa shape index (κ3) is 3.30. The molecule has 2 aliphatic rings. The van der Waals surface area contributed by atoms with Crippen LogP contribution in [0.4, 0.5) is 0 Å². The molecule has 0 saturated carbocycles. The summed E-state index contributed by atoms with van der Waals surface area (Å²) in [6.07, 6.45) is 6.29. The van der Waals surface area contributed by atoms with Gasteiger partial charge in [-0.25, -0.2) is 9.50 Å². The van der Waals surface area contributed by atoms with Crippen molar-refractivity contribution in [2.45, 2.75) is 46.0 Å². The fourth-order valence-corrected chi connectivity index (χ4v) is 4.37. The molecule has 1 aliphatic carbocycles. The highest BCUT2D eigenvalue weighted by molar-refractivity contribution is 5.95. The van der Waals surface area contributed by atoms with E-state index in [1.54, 1.807) is 7.11 Å². The Hall–Kier alpha value is -2.70. The molecular weight excluding hydrogens is 354 g/mol. The molecule has 2 aromatic heterocycles. The third-order valence-corrected chi connectivity index (χ3v) is 5.86. The molecule has 1 aliphatic heterocycles. The van der Waals surface area contributed by atoms with Gasteiger partial charge in [0.25, 0.3) is 5.78 Å². The van der Waals surface area contributed by atoms with Crippen LogP contribution in [0.3, 0.4) is 0 Å². The van der Waals surface area contributed by atoms with E-state index in [1.807, 2.05) is 29.3 Å². The lowest BCUT2D eigenvalue weighted by Crippen LogP contribution is -2.41. The van der Waals surface area contributed by atoms with Crippen LogP contribution in [0.5, 0.6) is 0 Å². The fourth-order valence-electron chi connectivity index (χ4n) is 4.37. The first-order valence-electron chi connectivity index (χ1n) is 9.89. The van der Waals surface area contributed by atoms with Gasteiger partial charge in [-0.2, -0.15) is 10.1 Å². The number of hydrogen-bond donors (Lipinski definition) is 0. The van der Waals surface area contributed by atoms with Crippen LogP contribution in [-0.4, -0.2) is 50.6 Å². The summed E-state index contributed by atoms with van der Waals surface area (Å²) in [5.41, 5.74) is 3.93. The summed E-state index contributed by atoms with van der Waals surface area (Å²) < 4.78 is 7.26. The van der Waals surface area contributed by atoms with Crippen LogP contribution < -0.4 is 0 Å². The van der Waals surface area contributed by atoms with E-state index in [1.165, 1.54) is 6.33 Å². The number of fused-ring (bicyclic) bond motifs is 1. The van der Waals surface area contributed by atoms with Crippen LogP contribution in [0.25, 0.3) is 5.78 Å². The van der Waals surface area contributed by atoms with Crippen LogP contribution in [0.2, 0.25) is 0 Å². The van der Waals surface area contributed by atoms with Crippen LogP contribution >= 0.6 is 0 Å². The van der Waals surface area contributed by atoms with E-state index in [9.17, 15) is 4.79 Å². The number of piperidine rings is 1. The molecule has 2 unspecified atom stereocenters. The second kappa shape index (κ2) is 7.37. The number of aromatic nitrogens is 4. The number of aryl methyl sites for hydroxylation is 1. The third-order valence-electron chi connectivity index (χ3n) is 5.86. The molecule has 0 N–H and O–H groups in total. The lowest BCUT2D eigenvalue weighted by atomic mass is 9.87. The summed E-state index contributed by atoms with van der Waals surface area (Å²) in [6.45, 7) is 7.58. The van der Waals surface area contributed by atoms with Crippen LogP contribution in [0, 0.1) is 12.8 Å². The van der Waals surface area contributed by atoms with Crippen molar-refractivity contribution < 1.29 is 9.53 Å². The standard InChI is InChI=1S/C21H27N5O2/c1-13-9-19(28-4)14(2)8-17(13)20(27)25-7-5-6-16(11-25)18-10-15(3)24-21-22-12-23-26(18)21/h9-10,12,14,16H,5-8,11H2,1-4H3. The Labute approximate surface area is 165 Å². The lowest BCUT2D eigenvalue weighted by molar-refractivity contribution is -0.128. The van der Waals surface area contributed by atoms with E-state index in [2.05, 4.69) is 28.1 Å². The number of methoxy groups -OCH3 is 1. The zero-order valence-corrected chi connectivity index (χ0v) is 17.0. The number of hydrogen-bond acceptors (Lipinski definition) is 5. The summed E-state index contributed by atoms with van der Waals surface area (Å²) in [4.78, 5) is 24.0. The van der Waals surface area contributed by atoms with Gasteiger partial charge in [-0.1, -0.05) is 6.92 Å². The van der Waals surface area contributed by atoms with Gasteiger partial charge in [0.1, 0.15) is 6.33 Å². The zero-order chi connectivity index (χ0) is 19.8. The van der Waals surface area contributed by atoms with Crippen molar-refractivity contribution in [3.63, 3.8) is 0 Å². The molecule has 0 radical (unpaired) electrons. The van der Waals surface area contributed by atoms with Gasteiger partial charge >= 0.3 is 0 Å². The average molecular weight is 381 g/mol. The Morgan fingerprint density at radius 1 is 1.32 bits per heavy atom. The van der Waals surface area contributed by atoms with Crippen molar-refractivity contribution in [1.29, 1.82) is 0 Å². The van der Waals surface area contributed by atoms with E-state index in [-0.39, 0.29) is 17.7 Å². The summed E-state index contributed by atoms with van der Waals surface area (Å²) in [6, 6.07) is 2.07. The van der Waals surface area contributed by atoms with E-state index in [0.29, 0.717) is 12.3 Å². The smallest absolute Gasteiger partial charge is 0.252 e. The van der Waals surface area contributed by atoms with Crippen molar-refractivity contribution in [3.8, 4) is 0 Å². The Bertz CT molecular complexity index is 974. The minimum atomic E-state index is 0.154. The number of allylic oxidation sites excluding steroid dienone is 3. The van der Waals surface area contributed by atoms with Crippen LogP contribution in [0.1, 0.15) is 50.4 Å². The predicted molar refractivity (Wildman–Crippen MR) is 106 cm³/mol. The average Bonchev–Trinajstić information content (AvgIpc) is 3.16. The first-order valence-corrected chi connectivity index (χ1v) is 9.89. The maximum Gasteiger partial charge on any atom is 0.252 e. The molecule has 28 heavy (non-hydrogen) atoms. The molecule has 7 heteroatoms. The number of ether oxygens (including phenoxy) is 1. The van der Waals surface area contributed by atoms with Gasteiger partial charge in [0, 0.05) is 36.2 Å². The monoisotopic (exact) mass is 381 g/mol. The Kier molecular flexibility index (Phi) is 4.91. The van der Waals surface area contributed by atoms with Crippen molar-refractivity contribution in [2.24, 2.45) is 5.92 Å². The molecule has 4 rings (SSSR count). The normalized spacial score (nSPS) is 23.1. The highest BCUT2D eigenvalue weighted by atomic mass is 16.5. The first-order chi connectivity index (χ1) is 13.5. The SMILES string of the molecule is COC1=CC(C)=C(C(=O)N2CCCC(c3cc(C)nc4ncnn34)C2)CC1C. The molecule has 7 nitrogen and oxygen atoms in total. The van der Waals surface area contributed by atoms with Gasteiger partial charge < -0.3 is 9.64 Å². The molecule has 148 valence electrons. The first kappa shape index (κ1) is 18.7. The van der Waals surface area contributed by atoms with Gasteiger partial charge in [0.15, 0.2) is 0 Å². The van der Waals surface area contributed by atoms with Gasteiger partial charge in [0.2, 0.25) is 5.91 Å². The minimum absolute atomic E-state index is 0.154. The number of amides is 1. The maximum atomic E-state index is 13.3. The van der Waals surface area contributed by atoms with Gasteiger partial charge in [-0.05, 0) is 50.8 Å². The predicted octanol–water partition coefficient (Wildman–Crippen LogP) is 3.03. The number of nitrogens with zero attached hydrogens (tertiary/aromatic N) is 5. The summed E-state index contributed by atoms with van der Waals surface area (Å²) >= 11 is 0. The molecule has 2 aromatic rings. The fraction of sp³-hybridized carbons (Fsp3) is 0.524. The molecule has 1 saturated heterocycles. The number of carbonyl (C=O) groups excluding carboxylic acids is 1. The Morgan fingerprint density at radius 2 is 2.14 bits per heavy atom. The topological polar surface area (TPSA) is 72.6 Å². The number of carbonyl (C=O) groups is 1. The second-order valence-corrected chi connectivity index (χ2v) is 7.90. The van der Waals surface area contributed by atoms with Crippen LogP contribution in [0.15, 0.2) is 35.4 Å². The van der Waals surface area contributed by atoms with Crippen molar-refractivity contribution >= 4 is 11.7 Å². The number of rotatable bonds is 3. The molecule has 0 spiro atoms. The lowest BCUT2D eigenvalue weighted by Gasteiger charge is -2.35. The molecule has 1 fully saturated rings. The van der Waals surface area contributed by atoms with Crippen LogP contribution in [-0.2, 0) is 9.53 Å². The van der Waals surface area contributed by atoms with Gasteiger partial charge in [-0.3, -0.25) is 4.79 Å². The highest BCUT2D eigenvalue weighted by Crippen LogP contribution is 2.33. The Morgan fingerprint density at radius 3 is 2.93 bits per heavy atom. The number of likely N-dealkylation sites (tertiary alicyclic amines) is 1. The van der Waals surface area contributed by atoms with Gasteiger partial charge in [-0.15, -0.1) is 0 Å². The highest BCUT2D eigenvalue weighted by Gasteiger charge is 2.31. The summed E-state index contributed by atoms with van der Waals surface area (Å²) in [5.74, 6) is 2.18. The molecule has 0 bridgehead atoms. The van der Waals surface area contributed by atoms with Crippen molar-refractivity contribution in [2.75, 3.05) is 20.2 Å². The summed E-state index contributed by atoms with van der Waals surface area (Å²) in [7, 11) is 1.69. The van der Waals surface area contributed by atoms with Crippen molar-refractivity contribution in [3.05, 3.63) is 46.8 Å². The van der Waals surface area contributed by atoms with E-state index >= 15 is 0 Å². The van der Waals surface area contributed by atoms with E-state index < -0.39 is 0 Å². The molecule has 2 atom stereocenters.